The zero-order valence-corrected chi connectivity index (χ0v) is 11.6. The van der Waals surface area contributed by atoms with Gasteiger partial charge >= 0.3 is 0 Å². The second-order valence-corrected chi connectivity index (χ2v) is 4.99. The lowest BCUT2D eigenvalue weighted by Gasteiger charge is -2.40. The molecule has 1 aliphatic rings. The molecule has 1 saturated heterocycles. The summed E-state index contributed by atoms with van der Waals surface area (Å²) in [6.07, 6.45) is 0. The van der Waals surface area contributed by atoms with Gasteiger partial charge in [-0.15, -0.1) is 0 Å². The van der Waals surface area contributed by atoms with E-state index in [1.807, 2.05) is 12.1 Å². The van der Waals surface area contributed by atoms with Crippen molar-refractivity contribution in [3.8, 4) is 17.9 Å². The summed E-state index contributed by atoms with van der Waals surface area (Å²) < 4.78 is 5.06. The predicted octanol–water partition coefficient (Wildman–Crippen LogP) is 0.889. The zero-order chi connectivity index (χ0) is 15.6. The second kappa shape index (κ2) is 5.26. The Balaban J connectivity index is 2.60. The van der Waals surface area contributed by atoms with E-state index < -0.39 is 29.1 Å². The number of nitriles is 2. The molecule has 0 unspecified atom stereocenters. The maximum atomic E-state index is 11.9. The van der Waals surface area contributed by atoms with Crippen LogP contribution in [0.25, 0.3) is 0 Å². The monoisotopic (exact) mass is 283 g/mol. The van der Waals surface area contributed by atoms with Crippen LogP contribution in [-0.2, 0) is 15.0 Å². The van der Waals surface area contributed by atoms with E-state index in [-0.39, 0.29) is 0 Å². The van der Waals surface area contributed by atoms with Crippen molar-refractivity contribution in [1.82, 2.24) is 5.32 Å². The van der Waals surface area contributed by atoms with E-state index in [2.05, 4.69) is 5.32 Å². The van der Waals surface area contributed by atoms with Gasteiger partial charge in [0.2, 0.25) is 11.8 Å². The highest BCUT2D eigenvalue weighted by atomic mass is 16.5. The van der Waals surface area contributed by atoms with Crippen LogP contribution in [0.4, 0.5) is 0 Å². The molecule has 1 N–H and O–H groups in total. The number of amides is 2. The fourth-order valence-corrected chi connectivity index (χ4v) is 2.65. The minimum absolute atomic E-state index is 0.574. The molecule has 1 heterocycles. The molecule has 0 saturated carbocycles. The molecule has 106 valence electrons. The molecule has 2 rings (SSSR count). The second-order valence-electron chi connectivity index (χ2n) is 4.99. The standard InChI is InChI=1S/C15H13N3O3/c1-15(9-3-5-10(21-2)6-4-9)11(7-16)13(19)18-14(20)12(15)8-17/h3-6,11-12H,1-2H3,(H,18,19,20)/t11-,12-/m0/s1. The number of benzene rings is 1. The van der Waals surface area contributed by atoms with Gasteiger partial charge in [0.25, 0.3) is 0 Å². The van der Waals surface area contributed by atoms with Crippen molar-refractivity contribution in [2.75, 3.05) is 7.11 Å². The molecule has 1 aromatic carbocycles. The number of ether oxygens (including phenoxy) is 1. The van der Waals surface area contributed by atoms with Crippen LogP contribution in [0.3, 0.4) is 0 Å². The van der Waals surface area contributed by atoms with Crippen LogP contribution in [0, 0.1) is 34.5 Å². The number of rotatable bonds is 2. The van der Waals surface area contributed by atoms with Crippen LogP contribution < -0.4 is 10.1 Å². The van der Waals surface area contributed by atoms with E-state index >= 15 is 0 Å². The summed E-state index contributed by atoms with van der Waals surface area (Å²) in [7, 11) is 1.52. The van der Waals surface area contributed by atoms with E-state index in [0.717, 1.165) is 0 Å². The molecule has 0 radical (unpaired) electrons. The Labute approximate surface area is 121 Å². The van der Waals surface area contributed by atoms with Gasteiger partial charge in [-0.25, -0.2) is 0 Å². The Morgan fingerprint density at radius 2 is 1.57 bits per heavy atom. The lowest BCUT2D eigenvalue weighted by atomic mass is 9.62. The van der Waals surface area contributed by atoms with E-state index in [4.69, 9.17) is 4.74 Å². The van der Waals surface area contributed by atoms with Gasteiger partial charge in [0, 0.05) is 5.41 Å². The van der Waals surface area contributed by atoms with Gasteiger partial charge in [-0.05, 0) is 17.7 Å². The first-order valence-electron chi connectivity index (χ1n) is 6.27. The van der Waals surface area contributed by atoms with Crippen LogP contribution in [0.2, 0.25) is 0 Å². The van der Waals surface area contributed by atoms with Crippen molar-refractivity contribution in [3.63, 3.8) is 0 Å². The number of nitrogens with one attached hydrogen (secondary N) is 1. The van der Waals surface area contributed by atoms with Crippen LogP contribution in [0.15, 0.2) is 24.3 Å². The Kier molecular flexibility index (Phi) is 3.64. The third-order valence-corrected chi connectivity index (χ3v) is 3.94. The highest BCUT2D eigenvalue weighted by molar-refractivity contribution is 6.04. The molecule has 1 aromatic rings. The van der Waals surface area contributed by atoms with E-state index in [0.29, 0.717) is 11.3 Å². The van der Waals surface area contributed by atoms with Crippen molar-refractivity contribution in [2.24, 2.45) is 11.8 Å². The first kappa shape index (κ1) is 14.5. The quantitative estimate of drug-likeness (QED) is 0.812. The van der Waals surface area contributed by atoms with Gasteiger partial charge in [0.15, 0.2) is 0 Å². The normalized spacial score (nSPS) is 23.6. The van der Waals surface area contributed by atoms with Gasteiger partial charge in [-0.1, -0.05) is 19.1 Å². The summed E-state index contributed by atoms with van der Waals surface area (Å²) in [4.78, 5) is 23.8. The van der Waals surface area contributed by atoms with E-state index in [9.17, 15) is 20.1 Å². The number of hydrogen-bond acceptors (Lipinski definition) is 5. The number of nitrogens with zero attached hydrogens (tertiary/aromatic N) is 2. The molecule has 1 aliphatic heterocycles. The Bertz CT molecular complexity index is 635. The molecule has 0 aliphatic carbocycles. The van der Waals surface area contributed by atoms with Crippen LogP contribution >= 0.6 is 0 Å². The average Bonchev–Trinajstić information content (AvgIpc) is 2.47. The summed E-state index contributed by atoms with van der Waals surface area (Å²) in [5.41, 5.74) is -0.626. The lowest BCUT2D eigenvalue weighted by Crippen LogP contribution is -2.58. The number of methoxy groups -OCH3 is 1. The fraction of sp³-hybridized carbons (Fsp3) is 0.333. The maximum absolute atomic E-state index is 11.9. The van der Waals surface area contributed by atoms with Gasteiger partial charge in [-0.2, -0.15) is 10.5 Å². The summed E-state index contributed by atoms with van der Waals surface area (Å²) in [6.45, 7) is 1.59. The van der Waals surface area contributed by atoms with Crippen LogP contribution in [-0.4, -0.2) is 18.9 Å². The molecule has 6 nitrogen and oxygen atoms in total. The van der Waals surface area contributed by atoms with Gasteiger partial charge in [-0.3, -0.25) is 14.9 Å². The molecule has 2 amide bonds. The van der Waals surface area contributed by atoms with Crippen molar-refractivity contribution in [3.05, 3.63) is 29.8 Å². The average molecular weight is 283 g/mol. The SMILES string of the molecule is COc1ccc(C2(C)[C@@H](C#N)C(=O)NC(=O)[C@@H]2C#N)cc1. The molecule has 1 fully saturated rings. The highest BCUT2D eigenvalue weighted by Gasteiger charge is 2.54. The van der Waals surface area contributed by atoms with Crippen molar-refractivity contribution < 1.29 is 14.3 Å². The largest absolute Gasteiger partial charge is 0.497 e. The summed E-state index contributed by atoms with van der Waals surface area (Å²) >= 11 is 0. The van der Waals surface area contributed by atoms with Crippen LogP contribution in [0.5, 0.6) is 5.75 Å². The van der Waals surface area contributed by atoms with Gasteiger partial charge in [0.05, 0.1) is 19.2 Å². The zero-order valence-electron chi connectivity index (χ0n) is 11.6. The number of piperidine rings is 1. The maximum Gasteiger partial charge on any atom is 0.244 e. The highest BCUT2D eigenvalue weighted by Crippen LogP contribution is 2.42. The molecular formula is C15H13N3O3. The van der Waals surface area contributed by atoms with Crippen LogP contribution in [0.1, 0.15) is 12.5 Å². The summed E-state index contributed by atoms with van der Waals surface area (Å²) in [5, 5.41) is 20.7. The number of hydrogen-bond donors (Lipinski definition) is 1. The number of carbonyl (C=O) groups excluding carboxylic acids is 2. The Hall–Kier alpha value is -2.86. The first-order chi connectivity index (χ1) is 9.98. The van der Waals surface area contributed by atoms with E-state index in [1.165, 1.54) is 7.11 Å². The molecule has 0 aromatic heterocycles. The molecule has 21 heavy (non-hydrogen) atoms. The number of imide groups is 1. The minimum atomic E-state index is -1.20. The Morgan fingerprint density at radius 1 is 1.10 bits per heavy atom. The molecule has 0 spiro atoms. The smallest absolute Gasteiger partial charge is 0.244 e. The minimum Gasteiger partial charge on any atom is -0.497 e. The van der Waals surface area contributed by atoms with Crippen molar-refractivity contribution in [2.45, 2.75) is 12.3 Å². The fourth-order valence-electron chi connectivity index (χ4n) is 2.65. The lowest BCUT2D eigenvalue weighted by molar-refractivity contribution is -0.140. The molecule has 6 heteroatoms. The van der Waals surface area contributed by atoms with Crippen molar-refractivity contribution >= 4 is 11.8 Å². The topological polar surface area (TPSA) is 103 Å². The molecule has 0 bridgehead atoms. The first-order valence-corrected chi connectivity index (χ1v) is 6.27. The third kappa shape index (κ3) is 2.11. The molecule has 2 atom stereocenters. The number of carbonyl (C=O) groups is 2. The van der Waals surface area contributed by atoms with Gasteiger partial charge in [0.1, 0.15) is 17.6 Å². The van der Waals surface area contributed by atoms with E-state index in [1.54, 1.807) is 31.2 Å². The summed E-state index contributed by atoms with van der Waals surface area (Å²) in [5.74, 6) is -2.97. The Morgan fingerprint density at radius 3 is 1.95 bits per heavy atom. The van der Waals surface area contributed by atoms with Gasteiger partial charge < -0.3 is 4.74 Å². The third-order valence-electron chi connectivity index (χ3n) is 3.94. The van der Waals surface area contributed by atoms with Crippen molar-refractivity contribution in [1.29, 1.82) is 10.5 Å². The predicted molar refractivity (Wildman–Crippen MR) is 71.7 cm³/mol. The molecular weight excluding hydrogens is 270 g/mol. The summed E-state index contributed by atoms with van der Waals surface area (Å²) in [6, 6.07) is 10.5.